The Morgan fingerprint density at radius 2 is 2.11 bits per heavy atom. The summed E-state index contributed by atoms with van der Waals surface area (Å²) >= 11 is 3.32. The van der Waals surface area contributed by atoms with Crippen LogP contribution in [0.3, 0.4) is 0 Å². The topological polar surface area (TPSA) is 30.5 Å². The molecule has 0 unspecified atom stereocenters. The number of rotatable bonds is 3. The molecule has 0 atom stereocenters. The Kier molecular flexibility index (Phi) is 3.29. The van der Waals surface area contributed by atoms with Gasteiger partial charge in [0.2, 0.25) is 6.79 Å². The molecule has 0 aliphatic carbocycles. The molecule has 0 saturated carbocycles. The molecule has 0 aromatic heterocycles. The second kappa shape index (κ2) is 5.09. The zero-order chi connectivity index (χ0) is 13.2. The molecule has 1 N–H and O–H groups in total. The fourth-order valence-corrected chi connectivity index (χ4v) is 2.31. The van der Waals surface area contributed by atoms with E-state index in [-0.39, 0.29) is 12.6 Å². The van der Waals surface area contributed by atoms with Gasteiger partial charge in [-0.2, -0.15) is 0 Å². The molecule has 3 nitrogen and oxygen atoms in total. The maximum atomic E-state index is 13.6. The Morgan fingerprint density at radius 3 is 3.00 bits per heavy atom. The fourth-order valence-electron chi connectivity index (χ4n) is 1.95. The van der Waals surface area contributed by atoms with Gasteiger partial charge in [0, 0.05) is 16.6 Å². The quantitative estimate of drug-likeness (QED) is 0.928. The molecule has 1 aliphatic heterocycles. The van der Waals surface area contributed by atoms with Crippen LogP contribution in [-0.4, -0.2) is 6.79 Å². The van der Waals surface area contributed by atoms with Gasteiger partial charge in [-0.05, 0) is 24.3 Å². The second-order valence-corrected chi connectivity index (χ2v) is 5.04. The molecule has 0 fully saturated rings. The summed E-state index contributed by atoms with van der Waals surface area (Å²) in [5, 5.41) is 3.06. The van der Waals surface area contributed by atoms with E-state index >= 15 is 0 Å². The fraction of sp³-hybridized carbons (Fsp3) is 0.143. The third kappa shape index (κ3) is 2.51. The van der Waals surface area contributed by atoms with Gasteiger partial charge in [-0.1, -0.05) is 28.1 Å². The third-order valence-electron chi connectivity index (χ3n) is 2.88. The van der Waals surface area contributed by atoms with Crippen LogP contribution in [0.2, 0.25) is 0 Å². The van der Waals surface area contributed by atoms with E-state index < -0.39 is 0 Å². The molecule has 0 spiro atoms. The van der Waals surface area contributed by atoms with Crippen LogP contribution >= 0.6 is 15.9 Å². The Hall–Kier alpha value is -1.75. The van der Waals surface area contributed by atoms with Crippen molar-refractivity contribution in [3.63, 3.8) is 0 Å². The third-order valence-corrected chi connectivity index (χ3v) is 3.37. The standard InChI is InChI=1S/C14H11BrFNO2/c15-10-4-5-11(16)12(6-10)17-7-9-2-1-3-13-14(9)19-8-18-13/h1-6,17H,7-8H2. The summed E-state index contributed by atoms with van der Waals surface area (Å²) in [5.74, 6) is 1.17. The van der Waals surface area contributed by atoms with Gasteiger partial charge >= 0.3 is 0 Å². The van der Waals surface area contributed by atoms with Gasteiger partial charge in [0.15, 0.2) is 11.5 Å². The van der Waals surface area contributed by atoms with Crippen molar-refractivity contribution in [2.45, 2.75) is 6.54 Å². The molecule has 1 heterocycles. The highest BCUT2D eigenvalue weighted by atomic mass is 79.9. The average molecular weight is 324 g/mol. The molecule has 0 bridgehead atoms. The van der Waals surface area contributed by atoms with Gasteiger partial charge in [0.1, 0.15) is 5.82 Å². The van der Waals surface area contributed by atoms with Crippen LogP contribution in [0.5, 0.6) is 11.5 Å². The predicted octanol–water partition coefficient (Wildman–Crippen LogP) is 3.93. The zero-order valence-electron chi connectivity index (χ0n) is 9.95. The molecule has 3 rings (SSSR count). The lowest BCUT2D eigenvalue weighted by Crippen LogP contribution is -2.02. The van der Waals surface area contributed by atoms with Gasteiger partial charge in [0.05, 0.1) is 5.69 Å². The van der Waals surface area contributed by atoms with Crippen LogP contribution in [0, 0.1) is 5.82 Å². The number of halogens is 2. The Balaban J connectivity index is 1.80. The molecule has 98 valence electrons. The van der Waals surface area contributed by atoms with Gasteiger partial charge < -0.3 is 14.8 Å². The summed E-state index contributed by atoms with van der Waals surface area (Å²) < 4.78 is 25.1. The lowest BCUT2D eigenvalue weighted by atomic mass is 10.2. The van der Waals surface area contributed by atoms with Crippen molar-refractivity contribution in [3.8, 4) is 11.5 Å². The molecule has 2 aromatic carbocycles. The van der Waals surface area contributed by atoms with Crippen molar-refractivity contribution in [1.82, 2.24) is 0 Å². The summed E-state index contributed by atoms with van der Waals surface area (Å²) in [6, 6.07) is 10.5. The molecule has 0 radical (unpaired) electrons. The van der Waals surface area contributed by atoms with Gasteiger partial charge in [-0.15, -0.1) is 0 Å². The number of para-hydroxylation sites is 1. The smallest absolute Gasteiger partial charge is 0.231 e. The van der Waals surface area contributed by atoms with Crippen molar-refractivity contribution in [3.05, 3.63) is 52.3 Å². The van der Waals surface area contributed by atoms with E-state index in [1.807, 2.05) is 18.2 Å². The molecule has 0 amide bonds. The van der Waals surface area contributed by atoms with Gasteiger partial charge in [-0.25, -0.2) is 4.39 Å². The molecule has 0 saturated heterocycles. The molecule has 2 aromatic rings. The van der Waals surface area contributed by atoms with Crippen LogP contribution in [-0.2, 0) is 6.54 Å². The van der Waals surface area contributed by atoms with Crippen LogP contribution in [0.1, 0.15) is 5.56 Å². The SMILES string of the molecule is Fc1ccc(Br)cc1NCc1cccc2c1OCO2. The summed E-state index contributed by atoms with van der Waals surface area (Å²) in [6.07, 6.45) is 0. The monoisotopic (exact) mass is 323 g/mol. The number of hydrogen-bond donors (Lipinski definition) is 1. The van der Waals surface area contributed by atoms with Gasteiger partial charge in [-0.3, -0.25) is 0 Å². The molecule has 5 heteroatoms. The number of benzene rings is 2. The summed E-state index contributed by atoms with van der Waals surface area (Å²) in [5.41, 5.74) is 1.39. The second-order valence-electron chi connectivity index (χ2n) is 4.13. The van der Waals surface area contributed by atoms with E-state index in [4.69, 9.17) is 9.47 Å². The van der Waals surface area contributed by atoms with Crippen molar-refractivity contribution in [1.29, 1.82) is 0 Å². The largest absolute Gasteiger partial charge is 0.454 e. The maximum Gasteiger partial charge on any atom is 0.231 e. The minimum Gasteiger partial charge on any atom is -0.454 e. The summed E-state index contributed by atoms with van der Waals surface area (Å²) in [4.78, 5) is 0. The van der Waals surface area contributed by atoms with Gasteiger partial charge in [0.25, 0.3) is 0 Å². The summed E-state index contributed by atoms with van der Waals surface area (Å²) in [6.45, 7) is 0.706. The highest BCUT2D eigenvalue weighted by molar-refractivity contribution is 9.10. The van der Waals surface area contributed by atoms with E-state index in [2.05, 4.69) is 21.2 Å². The predicted molar refractivity (Wildman–Crippen MR) is 74.0 cm³/mol. The highest BCUT2D eigenvalue weighted by Gasteiger charge is 2.17. The van der Waals surface area contributed by atoms with Crippen LogP contribution in [0.4, 0.5) is 10.1 Å². The highest BCUT2D eigenvalue weighted by Crippen LogP contribution is 2.35. The number of hydrogen-bond acceptors (Lipinski definition) is 3. The van der Waals surface area contributed by atoms with E-state index in [0.29, 0.717) is 12.2 Å². The van der Waals surface area contributed by atoms with Crippen LogP contribution in [0.25, 0.3) is 0 Å². The van der Waals surface area contributed by atoms with Crippen molar-refractivity contribution in [2.75, 3.05) is 12.1 Å². The van der Waals surface area contributed by atoms with E-state index in [0.717, 1.165) is 21.5 Å². The first-order valence-corrected chi connectivity index (χ1v) is 6.60. The minimum absolute atomic E-state index is 0.234. The number of fused-ring (bicyclic) bond motifs is 1. The Labute approximate surface area is 118 Å². The summed E-state index contributed by atoms with van der Waals surface area (Å²) in [7, 11) is 0. The normalized spacial score (nSPS) is 12.5. The van der Waals surface area contributed by atoms with Crippen LogP contribution < -0.4 is 14.8 Å². The van der Waals surface area contributed by atoms with E-state index in [1.165, 1.54) is 6.07 Å². The Bertz CT molecular complexity index is 618. The lowest BCUT2D eigenvalue weighted by Gasteiger charge is -2.10. The number of anilines is 1. The lowest BCUT2D eigenvalue weighted by molar-refractivity contribution is 0.173. The molecule has 19 heavy (non-hydrogen) atoms. The van der Waals surface area contributed by atoms with E-state index in [9.17, 15) is 4.39 Å². The average Bonchev–Trinajstić information content (AvgIpc) is 2.88. The van der Waals surface area contributed by atoms with Crippen molar-refractivity contribution < 1.29 is 13.9 Å². The number of ether oxygens (including phenoxy) is 2. The number of nitrogens with one attached hydrogen (secondary N) is 1. The molecular weight excluding hydrogens is 313 g/mol. The molecular formula is C14H11BrFNO2. The minimum atomic E-state index is -0.284. The van der Waals surface area contributed by atoms with Crippen molar-refractivity contribution in [2.24, 2.45) is 0 Å². The van der Waals surface area contributed by atoms with Crippen molar-refractivity contribution >= 4 is 21.6 Å². The maximum absolute atomic E-state index is 13.6. The first-order chi connectivity index (χ1) is 9.24. The van der Waals surface area contributed by atoms with Crippen LogP contribution in [0.15, 0.2) is 40.9 Å². The van der Waals surface area contributed by atoms with E-state index in [1.54, 1.807) is 12.1 Å². The first-order valence-electron chi connectivity index (χ1n) is 5.80. The zero-order valence-corrected chi connectivity index (χ0v) is 11.5. The molecule has 1 aliphatic rings. The first kappa shape index (κ1) is 12.3. The Morgan fingerprint density at radius 1 is 1.21 bits per heavy atom.